The SMILES string of the molecule is CCCCC[C@H](C)NC(=O)[C@H](CC)Oc1ccccc1. The van der Waals surface area contributed by atoms with Crippen molar-refractivity contribution in [2.75, 3.05) is 0 Å². The van der Waals surface area contributed by atoms with Gasteiger partial charge in [-0.3, -0.25) is 4.79 Å². The van der Waals surface area contributed by atoms with Crippen molar-refractivity contribution in [3.63, 3.8) is 0 Å². The van der Waals surface area contributed by atoms with Gasteiger partial charge in [-0.25, -0.2) is 0 Å². The van der Waals surface area contributed by atoms with E-state index in [1.807, 2.05) is 37.3 Å². The lowest BCUT2D eigenvalue weighted by Gasteiger charge is -2.20. The average Bonchev–Trinajstić information content (AvgIpc) is 2.46. The quantitative estimate of drug-likeness (QED) is 0.695. The third kappa shape index (κ3) is 6.09. The number of benzene rings is 1. The van der Waals surface area contributed by atoms with Crippen molar-refractivity contribution in [2.45, 2.75) is 65.0 Å². The highest BCUT2D eigenvalue weighted by atomic mass is 16.5. The first-order chi connectivity index (χ1) is 9.67. The maximum Gasteiger partial charge on any atom is 0.261 e. The lowest BCUT2D eigenvalue weighted by Crippen LogP contribution is -2.42. The van der Waals surface area contributed by atoms with E-state index in [-0.39, 0.29) is 11.9 Å². The molecule has 1 amide bonds. The van der Waals surface area contributed by atoms with E-state index in [1.165, 1.54) is 12.8 Å². The maximum atomic E-state index is 12.2. The summed E-state index contributed by atoms with van der Waals surface area (Å²) in [4.78, 5) is 12.2. The molecule has 1 N–H and O–H groups in total. The van der Waals surface area contributed by atoms with Gasteiger partial charge in [0, 0.05) is 6.04 Å². The van der Waals surface area contributed by atoms with Crippen molar-refractivity contribution in [1.82, 2.24) is 5.32 Å². The molecule has 0 heterocycles. The largest absolute Gasteiger partial charge is 0.481 e. The number of ether oxygens (including phenoxy) is 1. The van der Waals surface area contributed by atoms with Crippen molar-refractivity contribution < 1.29 is 9.53 Å². The molecule has 2 atom stereocenters. The van der Waals surface area contributed by atoms with Gasteiger partial charge in [0.15, 0.2) is 6.10 Å². The van der Waals surface area contributed by atoms with Gasteiger partial charge in [0.1, 0.15) is 5.75 Å². The molecule has 0 aliphatic carbocycles. The van der Waals surface area contributed by atoms with Crippen molar-refractivity contribution in [1.29, 1.82) is 0 Å². The Bertz CT molecular complexity index is 378. The summed E-state index contributed by atoms with van der Waals surface area (Å²) < 4.78 is 5.74. The molecule has 0 bridgehead atoms. The molecule has 0 aromatic heterocycles. The van der Waals surface area contributed by atoms with Crippen LogP contribution in [0, 0.1) is 0 Å². The maximum absolute atomic E-state index is 12.2. The Morgan fingerprint density at radius 2 is 1.90 bits per heavy atom. The van der Waals surface area contributed by atoms with Crippen molar-refractivity contribution >= 4 is 5.91 Å². The minimum absolute atomic E-state index is 0.0136. The van der Waals surface area contributed by atoms with E-state index >= 15 is 0 Å². The normalized spacial score (nSPS) is 13.6. The summed E-state index contributed by atoms with van der Waals surface area (Å²) in [5, 5.41) is 3.05. The molecule has 0 unspecified atom stereocenters. The topological polar surface area (TPSA) is 38.3 Å². The molecule has 0 aliphatic heterocycles. The molecule has 1 aromatic carbocycles. The van der Waals surface area contributed by atoms with Crippen LogP contribution in [0.3, 0.4) is 0 Å². The molecule has 1 rings (SSSR count). The average molecular weight is 277 g/mol. The number of unbranched alkanes of at least 4 members (excludes halogenated alkanes) is 2. The molecule has 0 aliphatic rings. The zero-order chi connectivity index (χ0) is 14.8. The smallest absolute Gasteiger partial charge is 0.261 e. The predicted molar refractivity (Wildman–Crippen MR) is 82.9 cm³/mol. The fourth-order valence-corrected chi connectivity index (χ4v) is 2.09. The molecule has 0 radical (unpaired) electrons. The summed E-state index contributed by atoms with van der Waals surface area (Å²) in [6.07, 6.45) is 4.87. The Hall–Kier alpha value is -1.51. The van der Waals surface area contributed by atoms with Crippen LogP contribution in [0.4, 0.5) is 0 Å². The molecular weight excluding hydrogens is 250 g/mol. The van der Waals surface area contributed by atoms with Crippen molar-refractivity contribution in [3.8, 4) is 5.75 Å². The molecule has 0 saturated carbocycles. The Morgan fingerprint density at radius 3 is 2.50 bits per heavy atom. The third-order valence-electron chi connectivity index (χ3n) is 3.31. The second-order valence-electron chi connectivity index (χ2n) is 5.23. The Labute approximate surface area is 122 Å². The fourth-order valence-electron chi connectivity index (χ4n) is 2.09. The summed E-state index contributed by atoms with van der Waals surface area (Å²) in [6, 6.07) is 9.72. The molecule has 3 heteroatoms. The molecule has 1 aromatic rings. The van der Waals surface area contributed by atoms with Gasteiger partial charge in [0.05, 0.1) is 0 Å². The van der Waals surface area contributed by atoms with Gasteiger partial charge < -0.3 is 10.1 Å². The van der Waals surface area contributed by atoms with Gasteiger partial charge in [-0.05, 0) is 31.9 Å². The standard InChI is InChI=1S/C17H27NO2/c1-4-6-8-11-14(3)18-17(19)16(5-2)20-15-12-9-7-10-13-15/h7,9-10,12-14,16H,4-6,8,11H2,1-3H3,(H,18,19)/t14-,16-/m0/s1. The van der Waals surface area contributed by atoms with Crippen LogP contribution in [-0.2, 0) is 4.79 Å². The molecule has 0 fully saturated rings. The monoisotopic (exact) mass is 277 g/mol. The lowest BCUT2D eigenvalue weighted by atomic mass is 10.1. The van der Waals surface area contributed by atoms with Crippen LogP contribution >= 0.6 is 0 Å². The van der Waals surface area contributed by atoms with Crippen LogP contribution < -0.4 is 10.1 Å². The van der Waals surface area contributed by atoms with Crippen LogP contribution in [0.2, 0.25) is 0 Å². The molecule has 0 spiro atoms. The third-order valence-corrected chi connectivity index (χ3v) is 3.31. The highest BCUT2D eigenvalue weighted by Crippen LogP contribution is 2.13. The van der Waals surface area contributed by atoms with E-state index in [0.29, 0.717) is 6.42 Å². The molecule has 0 saturated heterocycles. The predicted octanol–water partition coefficient (Wildman–Crippen LogP) is 3.93. The highest BCUT2D eigenvalue weighted by molar-refractivity contribution is 5.81. The van der Waals surface area contributed by atoms with Gasteiger partial charge in [-0.15, -0.1) is 0 Å². The van der Waals surface area contributed by atoms with Gasteiger partial charge in [-0.1, -0.05) is 51.3 Å². The summed E-state index contributed by atoms with van der Waals surface area (Å²) in [7, 11) is 0. The van der Waals surface area contributed by atoms with Crippen molar-refractivity contribution in [2.24, 2.45) is 0 Å². The minimum Gasteiger partial charge on any atom is -0.481 e. The number of amides is 1. The van der Waals surface area contributed by atoms with Gasteiger partial charge in [0.2, 0.25) is 0 Å². The van der Waals surface area contributed by atoms with E-state index in [4.69, 9.17) is 4.74 Å². The van der Waals surface area contributed by atoms with Gasteiger partial charge >= 0.3 is 0 Å². The van der Waals surface area contributed by atoms with E-state index in [2.05, 4.69) is 19.2 Å². The van der Waals surface area contributed by atoms with Crippen LogP contribution in [0.25, 0.3) is 0 Å². The highest BCUT2D eigenvalue weighted by Gasteiger charge is 2.19. The number of carbonyl (C=O) groups is 1. The van der Waals surface area contributed by atoms with Gasteiger partial charge in [-0.2, -0.15) is 0 Å². The van der Waals surface area contributed by atoms with Crippen LogP contribution in [0.5, 0.6) is 5.75 Å². The molecule has 112 valence electrons. The zero-order valence-electron chi connectivity index (χ0n) is 12.9. The lowest BCUT2D eigenvalue weighted by molar-refractivity contribution is -0.128. The van der Waals surface area contributed by atoms with Crippen molar-refractivity contribution in [3.05, 3.63) is 30.3 Å². The second-order valence-corrected chi connectivity index (χ2v) is 5.23. The number of carbonyl (C=O) groups excluding carboxylic acids is 1. The van der Waals surface area contributed by atoms with Crippen LogP contribution in [-0.4, -0.2) is 18.1 Å². The van der Waals surface area contributed by atoms with Gasteiger partial charge in [0.25, 0.3) is 5.91 Å². The van der Waals surface area contributed by atoms with Crippen LogP contribution in [0.1, 0.15) is 52.9 Å². The second kappa shape index (κ2) is 9.40. The number of nitrogens with one attached hydrogen (secondary N) is 1. The number of hydrogen-bond donors (Lipinski definition) is 1. The molecular formula is C17H27NO2. The molecule has 3 nitrogen and oxygen atoms in total. The number of hydrogen-bond acceptors (Lipinski definition) is 2. The first kappa shape index (κ1) is 16.5. The summed E-state index contributed by atoms with van der Waals surface area (Å²) in [6.45, 7) is 6.21. The summed E-state index contributed by atoms with van der Waals surface area (Å²) >= 11 is 0. The van der Waals surface area contributed by atoms with E-state index in [9.17, 15) is 4.79 Å². The molecule has 20 heavy (non-hydrogen) atoms. The summed E-state index contributed by atoms with van der Waals surface area (Å²) in [5.74, 6) is 0.730. The Morgan fingerprint density at radius 1 is 1.20 bits per heavy atom. The Balaban J connectivity index is 2.42. The first-order valence-electron chi connectivity index (χ1n) is 7.69. The Kier molecular flexibility index (Phi) is 7.78. The fraction of sp³-hybridized carbons (Fsp3) is 0.588. The number of para-hydroxylation sites is 1. The van der Waals surface area contributed by atoms with E-state index < -0.39 is 6.10 Å². The minimum atomic E-state index is -0.411. The first-order valence-corrected chi connectivity index (χ1v) is 7.69. The zero-order valence-corrected chi connectivity index (χ0v) is 12.9. The van der Waals surface area contributed by atoms with E-state index in [0.717, 1.165) is 18.6 Å². The number of rotatable bonds is 9. The summed E-state index contributed by atoms with van der Waals surface area (Å²) in [5.41, 5.74) is 0. The van der Waals surface area contributed by atoms with Crippen LogP contribution in [0.15, 0.2) is 30.3 Å². The van der Waals surface area contributed by atoms with E-state index in [1.54, 1.807) is 0 Å².